The van der Waals surface area contributed by atoms with E-state index in [1.807, 2.05) is 19.2 Å². The highest BCUT2D eigenvalue weighted by molar-refractivity contribution is 6.33. The van der Waals surface area contributed by atoms with Gasteiger partial charge in [0, 0.05) is 41.6 Å². The van der Waals surface area contributed by atoms with Crippen LogP contribution in [0.2, 0.25) is 5.02 Å². The fourth-order valence-corrected chi connectivity index (χ4v) is 3.45. The van der Waals surface area contributed by atoms with E-state index >= 15 is 0 Å². The number of halogens is 1. The molecule has 29 heavy (non-hydrogen) atoms. The third-order valence-electron chi connectivity index (χ3n) is 5.05. The minimum absolute atomic E-state index is 0.0811. The Morgan fingerprint density at radius 1 is 1.28 bits per heavy atom. The number of fused-ring (bicyclic) bond motifs is 1. The Labute approximate surface area is 173 Å². The molecule has 150 valence electrons. The second-order valence-electron chi connectivity index (χ2n) is 7.43. The van der Waals surface area contributed by atoms with Gasteiger partial charge in [-0.3, -0.25) is 14.9 Å². The summed E-state index contributed by atoms with van der Waals surface area (Å²) in [7, 11) is 2.02. The summed E-state index contributed by atoms with van der Waals surface area (Å²) >= 11 is 6.43. The Bertz CT molecular complexity index is 1040. The van der Waals surface area contributed by atoms with Crippen LogP contribution in [-0.4, -0.2) is 29.6 Å². The minimum Gasteiger partial charge on any atom is -0.365 e. The second-order valence-corrected chi connectivity index (χ2v) is 7.84. The number of nitrogens with one attached hydrogen (secondary N) is 1. The summed E-state index contributed by atoms with van der Waals surface area (Å²) in [6, 6.07) is 9.13. The van der Waals surface area contributed by atoms with E-state index in [0.29, 0.717) is 10.6 Å². The fraction of sp³-hybridized carbons (Fsp3) is 0.238. The van der Waals surface area contributed by atoms with Crippen LogP contribution in [0.5, 0.6) is 0 Å². The molecule has 2 aromatic rings. The normalized spacial score (nSPS) is 15.1. The highest BCUT2D eigenvalue weighted by Crippen LogP contribution is 2.40. The number of benzene rings is 2. The zero-order valence-corrected chi connectivity index (χ0v) is 17.3. The van der Waals surface area contributed by atoms with Gasteiger partial charge in [0.2, 0.25) is 0 Å². The number of carbonyl (C=O) groups excluding carboxylic acids is 1. The van der Waals surface area contributed by atoms with E-state index in [9.17, 15) is 14.9 Å². The van der Waals surface area contributed by atoms with Crippen LogP contribution in [0.25, 0.3) is 5.57 Å². The van der Waals surface area contributed by atoms with Crippen molar-refractivity contribution >= 4 is 40.7 Å². The molecule has 0 bridgehead atoms. The number of non-ortho nitro benzene ring substituents is 1. The Balaban J connectivity index is 1.79. The SMILES string of the molecule is CC1=CC(C)(C)N(C)c2cc(Cl)c(/C=N\NC(=O)c3ccc([N+](=O)[O-])cc3)cc21. The number of amides is 1. The monoisotopic (exact) mass is 412 g/mol. The maximum Gasteiger partial charge on any atom is 0.271 e. The van der Waals surface area contributed by atoms with Crippen LogP contribution in [0.15, 0.2) is 47.6 Å². The Morgan fingerprint density at radius 2 is 1.93 bits per heavy atom. The number of hydrazone groups is 1. The molecule has 1 aliphatic rings. The van der Waals surface area contributed by atoms with Crippen LogP contribution < -0.4 is 10.3 Å². The van der Waals surface area contributed by atoms with Gasteiger partial charge in [0.1, 0.15) is 0 Å². The zero-order chi connectivity index (χ0) is 21.3. The first-order valence-corrected chi connectivity index (χ1v) is 9.33. The van der Waals surface area contributed by atoms with Gasteiger partial charge < -0.3 is 4.90 Å². The number of hydrogen-bond donors (Lipinski definition) is 1. The smallest absolute Gasteiger partial charge is 0.271 e. The lowest BCUT2D eigenvalue weighted by molar-refractivity contribution is -0.384. The highest BCUT2D eigenvalue weighted by Gasteiger charge is 2.29. The van der Waals surface area contributed by atoms with Crippen molar-refractivity contribution in [2.24, 2.45) is 5.10 Å². The predicted molar refractivity (Wildman–Crippen MR) is 116 cm³/mol. The van der Waals surface area contributed by atoms with Crippen LogP contribution in [0.4, 0.5) is 11.4 Å². The van der Waals surface area contributed by atoms with E-state index in [-0.39, 0.29) is 16.8 Å². The lowest BCUT2D eigenvalue weighted by Gasteiger charge is -2.40. The summed E-state index contributed by atoms with van der Waals surface area (Å²) in [5, 5.41) is 15.2. The third-order valence-corrected chi connectivity index (χ3v) is 5.37. The van der Waals surface area contributed by atoms with Crippen molar-refractivity contribution in [3.63, 3.8) is 0 Å². The van der Waals surface area contributed by atoms with E-state index in [2.05, 4.69) is 42.3 Å². The molecule has 7 nitrogen and oxygen atoms in total. The first-order valence-electron chi connectivity index (χ1n) is 8.95. The van der Waals surface area contributed by atoms with Gasteiger partial charge in [-0.2, -0.15) is 5.10 Å². The maximum absolute atomic E-state index is 12.2. The molecular weight excluding hydrogens is 392 g/mol. The van der Waals surface area contributed by atoms with Crippen LogP contribution in [0, 0.1) is 10.1 Å². The van der Waals surface area contributed by atoms with Gasteiger partial charge in [-0.05, 0) is 50.6 Å². The molecule has 1 heterocycles. The summed E-state index contributed by atoms with van der Waals surface area (Å²) in [5.41, 5.74) is 6.39. The average Bonchev–Trinajstić information content (AvgIpc) is 2.66. The molecule has 1 N–H and O–H groups in total. The van der Waals surface area contributed by atoms with Gasteiger partial charge >= 0.3 is 0 Å². The van der Waals surface area contributed by atoms with Crippen molar-refractivity contribution in [1.29, 1.82) is 0 Å². The molecule has 0 aromatic heterocycles. The minimum atomic E-state index is -0.521. The molecule has 0 unspecified atom stereocenters. The van der Waals surface area contributed by atoms with Gasteiger partial charge in [0.25, 0.3) is 11.6 Å². The first kappa shape index (κ1) is 20.5. The predicted octanol–water partition coefficient (Wildman–Crippen LogP) is 4.64. The van der Waals surface area contributed by atoms with Crippen molar-refractivity contribution in [2.45, 2.75) is 26.3 Å². The molecule has 0 saturated heterocycles. The molecule has 1 amide bonds. The Morgan fingerprint density at radius 3 is 2.55 bits per heavy atom. The number of allylic oxidation sites excluding steroid dienone is 1. The number of hydrogen-bond acceptors (Lipinski definition) is 5. The summed E-state index contributed by atoms with van der Waals surface area (Å²) in [5.74, 6) is -0.470. The molecular formula is C21H21ClN4O3. The average molecular weight is 413 g/mol. The number of anilines is 1. The number of nitro benzene ring substituents is 1. The van der Waals surface area contributed by atoms with Crippen LogP contribution in [0.1, 0.15) is 42.3 Å². The van der Waals surface area contributed by atoms with Gasteiger partial charge in [-0.15, -0.1) is 0 Å². The number of nitrogens with zero attached hydrogens (tertiary/aromatic N) is 3. The zero-order valence-electron chi connectivity index (χ0n) is 16.6. The lowest BCUT2D eigenvalue weighted by atomic mass is 9.88. The third kappa shape index (κ3) is 4.14. The van der Waals surface area contributed by atoms with E-state index in [4.69, 9.17) is 11.6 Å². The number of likely N-dealkylation sites (N-methyl/N-ethyl adjacent to an activating group) is 1. The molecule has 1 aliphatic heterocycles. The lowest BCUT2D eigenvalue weighted by Crippen LogP contribution is -2.42. The van der Waals surface area contributed by atoms with E-state index in [1.165, 1.54) is 30.5 Å². The second kappa shape index (κ2) is 7.67. The van der Waals surface area contributed by atoms with Gasteiger partial charge in [-0.25, -0.2) is 5.43 Å². The van der Waals surface area contributed by atoms with E-state index in [0.717, 1.165) is 16.8 Å². The van der Waals surface area contributed by atoms with Gasteiger partial charge in [0.05, 0.1) is 21.7 Å². The number of carbonyl (C=O) groups is 1. The number of nitro groups is 1. The maximum atomic E-state index is 12.2. The van der Waals surface area contributed by atoms with Crippen molar-refractivity contribution < 1.29 is 9.72 Å². The van der Waals surface area contributed by atoms with Gasteiger partial charge in [-0.1, -0.05) is 17.7 Å². The Kier molecular flexibility index (Phi) is 5.44. The topological polar surface area (TPSA) is 87.8 Å². The van der Waals surface area contributed by atoms with Gasteiger partial charge in [0.15, 0.2) is 0 Å². The van der Waals surface area contributed by atoms with Crippen molar-refractivity contribution in [3.05, 3.63) is 74.3 Å². The highest BCUT2D eigenvalue weighted by atomic mass is 35.5. The molecule has 0 radical (unpaired) electrons. The molecule has 0 spiro atoms. The quantitative estimate of drug-likeness (QED) is 0.450. The molecule has 3 rings (SSSR count). The van der Waals surface area contributed by atoms with E-state index < -0.39 is 10.8 Å². The largest absolute Gasteiger partial charge is 0.365 e. The Hall–Kier alpha value is -3.19. The number of rotatable bonds is 4. The molecule has 0 saturated carbocycles. The summed E-state index contributed by atoms with van der Waals surface area (Å²) < 4.78 is 0. The summed E-state index contributed by atoms with van der Waals surface area (Å²) in [6.45, 7) is 6.33. The van der Waals surface area contributed by atoms with Crippen molar-refractivity contribution in [1.82, 2.24) is 5.43 Å². The summed E-state index contributed by atoms with van der Waals surface area (Å²) in [4.78, 5) is 24.5. The van der Waals surface area contributed by atoms with E-state index in [1.54, 1.807) is 0 Å². The standard InChI is InChI=1S/C21H21ClN4O3/c1-13-11-21(2,3)25(4)19-10-18(22)15(9-17(13)19)12-23-24-20(27)14-5-7-16(8-6-14)26(28)29/h5-12H,1-4H3,(H,24,27)/b23-12-. The summed E-state index contributed by atoms with van der Waals surface area (Å²) in [6.07, 6.45) is 3.68. The van der Waals surface area contributed by atoms with Crippen LogP contribution in [-0.2, 0) is 0 Å². The van der Waals surface area contributed by atoms with Crippen LogP contribution in [0.3, 0.4) is 0 Å². The van der Waals surface area contributed by atoms with Crippen molar-refractivity contribution in [2.75, 3.05) is 11.9 Å². The molecule has 0 aliphatic carbocycles. The first-order chi connectivity index (χ1) is 13.6. The van der Waals surface area contributed by atoms with Crippen molar-refractivity contribution in [3.8, 4) is 0 Å². The fourth-order valence-electron chi connectivity index (χ4n) is 3.25. The molecule has 2 aromatic carbocycles. The van der Waals surface area contributed by atoms with Crippen LogP contribution >= 0.6 is 11.6 Å². The molecule has 0 atom stereocenters. The molecule has 0 fully saturated rings. The molecule has 8 heteroatoms.